The van der Waals surface area contributed by atoms with Crippen LogP contribution in [0.1, 0.15) is 147 Å². The van der Waals surface area contributed by atoms with Crippen molar-refractivity contribution in [3.05, 3.63) is 63.1 Å². The Morgan fingerprint density at radius 1 is 0.957 bits per heavy atom. The van der Waals surface area contributed by atoms with Crippen LogP contribution in [0.3, 0.4) is 0 Å². The Kier molecular flexibility index (Phi) is 15.7. The van der Waals surface area contributed by atoms with Crippen molar-refractivity contribution in [3.63, 3.8) is 0 Å². The molecule has 20 nitrogen and oxygen atoms in total. The van der Waals surface area contributed by atoms with Crippen LogP contribution in [0, 0.1) is 17.0 Å². The fraction of sp³-hybridized carbons (Fsp3) is 0.638. The van der Waals surface area contributed by atoms with Crippen LogP contribution >= 0.6 is 7.82 Å². The first kappa shape index (κ1) is 53.9. The van der Waals surface area contributed by atoms with Gasteiger partial charge in [0.1, 0.15) is 29.3 Å². The average molecular weight is 1010 g/mol. The Bertz CT molecular complexity index is 2490. The molecule has 0 radical (unpaired) electrons. The zero-order valence-corrected chi connectivity index (χ0v) is 42.5. The molecule has 4 heterocycles. The van der Waals surface area contributed by atoms with Crippen LogP contribution in [0.4, 0.5) is 13.6 Å². The van der Waals surface area contributed by atoms with Gasteiger partial charge >= 0.3 is 25.9 Å². The van der Waals surface area contributed by atoms with Crippen molar-refractivity contribution in [2.24, 2.45) is 10.6 Å². The van der Waals surface area contributed by atoms with Gasteiger partial charge in [-0.2, -0.15) is 0 Å². The van der Waals surface area contributed by atoms with Crippen molar-refractivity contribution in [2.75, 3.05) is 33.2 Å². The Labute approximate surface area is 405 Å². The van der Waals surface area contributed by atoms with E-state index >= 15 is 0 Å². The van der Waals surface area contributed by atoms with E-state index in [2.05, 4.69) is 10.5 Å². The number of carbonyl (C=O) groups excluding carboxylic acids is 5. The number of nitrogens with zero attached hydrogens (tertiary/aromatic N) is 4. The zero-order chi connectivity index (χ0) is 51.8. The number of carbonyl (C=O) groups is 5. The summed E-state index contributed by atoms with van der Waals surface area (Å²) in [5.74, 6) is -5.43. The number of amides is 3. The maximum atomic E-state index is 14.6. The molecule has 70 heavy (non-hydrogen) atoms. The molecule has 1 saturated carbocycles. The number of esters is 2. The van der Waals surface area contributed by atoms with Gasteiger partial charge in [0.2, 0.25) is 24.8 Å². The fourth-order valence-electron chi connectivity index (χ4n) is 8.43. The van der Waals surface area contributed by atoms with Gasteiger partial charge in [0, 0.05) is 49.9 Å². The van der Waals surface area contributed by atoms with Gasteiger partial charge in [0.15, 0.2) is 11.3 Å². The number of rotatable bonds is 17. The summed E-state index contributed by atoms with van der Waals surface area (Å²) in [5, 5.41) is 6.72. The quantitative estimate of drug-likeness (QED) is 0.0709. The summed E-state index contributed by atoms with van der Waals surface area (Å²) in [7, 11) is -4.30. The first-order valence-corrected chi connectivity index (χ1v) is 24.5. The largest absolute Gasteiger partial charge is 0.478 e. The number of fused-ring (bicyclic) bond motifs is 5. The number of hydrogen-bond donors (Lipinski definition) is 1. The number of pyridine rings is 1. The van der Waals surface area contributed by atoms with E-state index in [0.717, 1.165) is 17.0 Å². The van der Waals surface area contributed by atoms with Crippen molar-refractivity contribution in [2.45, 2.75) is 156 Å². The van der Waals surface area contributed by atoms with Crippen molar-refractivity contribution >= 4 is 43.4 Å². The van der Waals surface area contributed by atoms with Crippen LogP contribution in [0.15, 0.2) is 34.3 Å². The number of halogens is 2. The number of ether oxygens (including phenoxy) is 4. The minimum atomic E-state index is -4.30. The van der Waals surface area contributed by atoms with E-state index in [0.29, 0.717) is 43.9 Å². The first-order chi connectivity index (χ1) is 32.4. The average Bonchev–Trinajstić information content (AvgIpc) is 3.95. The molecule has 386 valence electrons. The molecule has 3 amide bonds. The highest BCUT2D eigenvalue weighted by molar-refractivity contribution is 7.48. The summed E-state index contributed by atoms with van der Waals surface area (Å²) >= 11 is 0. The molecule has 3 aliphatic heterocycles. The molecule has 1 aliphatic carbocycles. The third-order valence-electron chi connectivity index (χ3n) is 11.8. The van der Waals surface area contributed by atoms with Gasteiger partial charge in [-0.05, 0) is 114 Å². The third kappa shape index (κ3) is 13.1. The molecule has 2 bridgehead atoms. The molecular formula is C47H64F2N5O15P. The second kappa shape index (κ2) is 20.4. The highest BCUT2D eigenvalue weighted by atomic mass is 31.2. The lowest BCUT2D eigenvalue weighted by molar-refractivity contribution is -0.157. The number of phosphoric acid groups is 1. The van der Waals surface area contributed by atoms with Gasteiger partial charge in [0.05, 0.1) is 28.4 Å². The van der Waals surface area contributed by atoms with Crippen molar-refractivity contribution in [1.29, 1.82) is 0 Å². The molecule has 1 N–H and O–H groups in total. The summed E-state index contributed by atoms with van der Waals surface area (Å²) in [6.07, 6.45) is 2.12. The minimum absolute atomic E-state index is 0.0394. The summed E-state index contributed by atoms with van der Waals surface area (Å²) < 4.78 is 81.9. The maximum absolute atomic E-state index is 14.6. The molecule has 0 unspecified atom stereocenters. The van der Waals surface area contributed by atoms with Crippen LogP contribution in [0.25, 0.3) is 0 Å². The van der Waals surface area contributed by atoms with E-state index < -0.39 is 127 Å². The number of nitrogens with one attached hydrogen (secondary N) is 1. The minimum Gasteiger partial charge on any atom is -0.459 e. The summed E-state index contributed by atoms with van der Waals surface area (Å²) in [6.45, 7) is 15.5. The second-order valence-corrected chi connectivity index (χ2v) is 22.7. The summed E-state index contributed by atoms with van der Waals surface area (Å²) in [5.41, 5.74) is -6.09. The van der Waals surface area contributed by atoms with E-state index in [1.54, 1.807) is 74.1 Å². The highest BCUT2D eigenvalue weighted by Crippen LogP contribution is 2.55. The lowest BCUT2D eigenvalue weighted by atomic mass is 9.84. The summed E-state index contributed by atoms with van der Waals surface area (Å²) in [4.78, 5) is 91.5. The smallest absolute Gasteiger partial charge is 0.459 e. The Morgan fingerprint density at radius 3 is 2.21 bits per heavy atom. The van der Waals surface area contributed by atoms with Gasteiger partial charge in [-0.25, -0.2) is 22.7 Å². The molecule has 23 heteroatoms. The zero-order valence-electron chi connectivity index (χ0n) is 41.6. The molecule has 1 spiro atoms. The monoisotopic (exact) mass is 1010 g/mol. The predicted molar refractivity (Wildman–Crippen MR) is 246 cm³/mol. The van der Waals surface area contributed by atoms with Gasteiger partial charge in [-0.1, -0.05) is 11.2 Å². The normalized spacial score (nSPS) is 20.7. The van der Waals surface area contributed by atoms with Gasteiger partial charge < -0.3 is 38.6 Å². The van der Waals surface area contributed by atoms with E-state index in [1.807, 2.05) is 6.92 Å². The lowest BCUT2D eigenvalue weighted by Crippen LogP contribution is -2.52. The molecule has 6 rings (SSSR count). The predicted octanol–water partition coefficient (Wildman–Crippen LogP) is 7.31. The molecule has 3 atom stereocenters. The number of phosphoric ester groups is 1. The lowest BCUT2D eigenvalue weighted by Gasteiger charge is -2.42. The molecular weight excluding hydrogens is 944 g/mol. The Hall–Kier alpha value is -5.44. The number of benzene rings is 1. The standard InChI is InChI=1S/C47H64F2N5O15P/c1-28-21-47(67-51-28)15-14-29(2)53-24-34(47)54-23-32(39(57)50-22-30-12-13-31(48)20-33(30)49)37(56)38(36(54)40(53)58)62-26-63-41(59)46(16-17-46)18-19-52(25-35(55)66-43(3,4)5)42(60)64-27-65-70(61,68-44(6,7)8)69-45(9,10)11/h12-13,20,23,29,34H,14-19,21-22,24-27H2,1-11H3,(H,50,57)/t29-,34+,47-/m0/s1. The maximum Gasteiger partial charge on any atom is 0.478 e. The van der Waals surface area contributed by atoms with E-state index in [4.69, 9.17) is 37.4 Å². The SMILES string of the molecule is CC1=NO[C@@]2(CC[C@H](C)N3C[C@H]2n2cc(C(=O)NCc4ccc(F)cc4F)c(=O)c(OCOC(=O)C4(CCN(CC(=O)OC(C)(C)C)C(=O)OCOP(=O)(OC(C)(C)C)OC(C)(C)C)CC4)c2C3=O)C1. The van der Waals surface area contributed by atoms with E-state index in [1.165, 1.54) is 10.8 Å². The molecule has 1 saturated heterocycles. The van der Waals surface area contributed by atoms with Crippen LogP contribution in [0.5, 0.6) is 5.75 Å². The first-order valence-electron chi connectivity index (χ1n) is 23.1. The van der Waals surface area contributed by atoms with Crippen LogP contribution in [0.2, 0.25) is 0 Å². The molecule has 1 aromatic heterocycles. The number of aromatic nitrogens is 1. The van der Waals surface area contributed by atoms with Gasteiger partial charge in [-0.15, -0.1) is 0 Å². The van der Waals surface area contributed by atoms with Gasteiger partial charge in [0.25, 0.3) is 11.8 Å². The van der Waals surface area contributed by atoms with Crippen LogP contribution < -0.4 is 15.5 Å². The van der Waals surface area contributed by atoms with Crippen LogP contribution in [-0.4, -0.2) is 112 Å². The highest BCUT2D eigenvalue weighted by Gasteiger charge is 2.55. The Balaban J connectivity index is 1.21. The van der Waals surface area contributed by atoms with E-state index in [-0.39, 0.29) is 36.8 Å². The number of oxime groups is 1. The van der Waals surface area contributed by atoms with Crippen molar-refractivity contribution < 1.29 is 74.7 Å². The Morgan fingerprint density at radius 2 is 1.63 bits per heavy atom. The topological polar surface area (TPSA) is 229 Å². The van der Waals surface area contributed by atoms with Crippen LogP contribution in [-0.2, 0) is 53.3 Å². The third-order valence-corrected chi connectivity index (χ3v) is 13.8. The molecule has 2 fully saturated rings. The van der Waals surface area contributed by atoms with Crippen molar-refractivity contribution in [1.82, 2.24) is 19.7 Å². The molecule has 4 aliphatic rings. The number of hydrogen-bond acceptors (Lipinski definition) is 16. The molecule has 2 aromatic rings. The molecule has 1 aromatic carbocycles. The van der Waals surface area contributed by atoms with E-state index in [9.17, 15) is 42.1 Å². The van der Waals surface area contributed by atoms with Gasteiger partial charge in [-0.3, -0.25) is 37.9 Å². The fourth-order valence-corrected chi connectivity index (χ4v) is 10.1. The second-order valence-electron chi connectivity index (χ2n) is 21.1. The van der Waals surface area contributed by atoms with Crippen molar-refractivity contribution in [3.8, 4) is 5.75 Å². The summed E-state index contributed by atoms with van der Waals surface area (Å²) in [6, 6.07) is 1.85.